The maximum absolute atomic E-state index is 12.0. The molecular formula is C25H30BrN5O4. The number of aromatic nitrogens is 3. The molecule has 9 nitrogen and oxygen atoms in total. The summed E-state index contributed by atoms with van der Waals surface area (Å²) in [5.41, 5.74) is 4.49. The van der Waals surface area contributed by atoms with Crippen molar-refractivity contribution in [2.45, 2.75) is 39.5 Å². The van der Waals surface area contributed by atoms with Gasteiger partial charge >= 0.3 is 5.97 Å². The summed E-state index contributed by atoms with van der Waals surface area (Å²) in [6.45, 7) is 4.64. The number of anilines is 1. The van der Waals surface area contributed by atoms with Crippen LogP contribution in [0.25, 0.3) is 11.3 Å². The lowest BCUT2D eigenvalue weighted by atomic mass is 10.0. The van der Waals surface area contributed by atoms with Gasteiger partial charge in [0.2, 0.25) is 0 Å². The van der Waals surface area contributed by atoms with Crippen LogP contribution in [0.2, 0.25) is 0 Å². The first kappa shape index (κ1) is 26.3. The lowest BCUT2D eigenvalue weighted by Gasteiger charge is -2.14. The zero-order valence-corrected chi connectivity index (χ0v) is 22.0. The number of nitro benzene ring substituents is 1. The third kappa shape index (κ3) is 6.88. The number of nitrogens with one attached hydrogen (secondary N) is 1. The molecule has 35 heavy (non-hydrogen) atoms. The molecule has 1 atom stereocenters. The Balaban J connectivity index is 1.57. The number of pyridine rings is 1. The van der Waals surface area contributed by atoms with Gasteiger partial charge in [0, 0.05) is 41.1 Å². The van der Waals surface area contributed by atoms with Gasteiger partial charge in [-0.25, -0.2) is 4.79 Å². The Labute approximate surface area is 213 Å². The number of esters is 1. The highest BCUT2D eigenvalue weighted by atomic mass is 79.9. The molecule has 2 heterocycles. The van der Waals surface area contributed by atoms with E-state index in [0.29, 0.717) is 29.4 Å². The van der Waals surface area contributed by atoms with E-state index in [9.17, 15) is 14.9 Å². The quantitative estimate of drug-likeness (QED) is 0.142. The van der Waals surface area contributed by atoms with Gasteiger partial charge in [-0.1, -0.05) is 29.3 Å². The molecule has 0 aliphatic carbocycles. The van der Waals surface area contributed by atoms with Crippen molar-refractivity contribution in [3.05, 3.63) is 68.1 Å². The molecule has 0 radical (unpaired) electrons. The van der Waals surface area contributed by atoms with Gasteiger partial charge in [0.25, 0.3) is 5.69 Å². The van der Waals surface area contributed by atoms with Gasteiger partial charge in [-0.05, 0) is 56.4 Å². The monoisotopic (exact) mass is 543 g/mol. The maximum Gasteiger partial charge on any atom is 0.337 e. The summed E-state index contributed by atoms with van der Waals surface area (Å²) in [7, 11) is 3.27. The van der Waals surface area contributed by atoms with Crippen molar-refractivity contribution >= 4 is 33.3 Å². The van der Waals surface area contributed by atoms with E-state index in [2.05, 4.69) is 38.3 Å². The molecule has 1 N–H and O–H groups in total. The Kier molecular flexibility index (Phi) is 8.97. The predicted molar refractivity (Wildman–Crippen MR) is 139 cm³/mol. The fraction of sp³-hybridized carbons (Fsp3) is 0.400. The molecule has 0 aliphatic rings. The molecular weight excluding hydrogens is 514 g/mol. The van der Waals surface area contributed by atoms with Gasteiger partial charge in [0.15, 0.2) is 0 Å². The van der Waals surface area contributed by atoms with E-state index < -0.39 is 5.97 Å². The van der Waals surface area contributed by atoms with Crippen molar-refractivity contribution in [2.24, 2.45) is 13.0 Å². The van der Waals surface area contributed by atoms with Crippen LogP contribution in [0.15, 0.2) is 41.0 Å². The minimum Gasteiger partial charge on any atom is -0.465 e. The first-order valence-corrected chi connectivity index (χ1v) is 12.2. The van der Waals surface area contributed by atoms with Gasteiger partial charge in [-0.2, -0.15) is 5.10 Å². The summed E-state index contributed by atoms with van der Waals surface area (Å²) in [6, 6.07) is 8.36. The molecule has 3 aromatic rings. The van der Waals surface area contributed by atoms with Crippen LogP contribution in [0.1, 0.15) is 47.9 Å². The van der Waals surface area contributed by atoms with Crippen LogP contribution in [-0.2, 0) is 18.2 Å². The maximum atomic E-state index is 12.0. The van der Waals surface area contributed by atoms with Gasteiger partial charge in [0.1, 0.15) is 5.69 Å². The molecule has 186 valence electrons. The average Bonchev–Trinajstić information content (AvgIpc) is 3.19. The molecule has 0 fully saturated rings. The van der Waals surface area contributed by atoms with Crippen LogP contribution < -0.4 is 5.32 Å². The molecule has 0 bridgehead atoms. The molecule has 3 rings (SSSR count). The van der Waals surface area contributed by atoms with E-state index >= 15 is 0 Å². The van der Waals surface area contributed by atoms with Gasteiger partial charge < -0.3 is 10.1 Å². The molecule has 0 aliphatic heterocycles. The summed E-state index contributed by atoms with van der Waals surface area (Å²) in [5, 5.41) is 18.9. The Morgan fingerprint density at radius 1 is 1.29 bits per heavy atom. The zero-order chi connectivity index (χ0) is 25.5. The number of rotatable bonds is 11. The van der Waals surface area contributed by atoms with Gasteiger partial charge in [-0.3, -0.25) is 19.8 Å². The molecule has 0 unspecified atom stereocenters. The average molecular weight is 544 g/mol. The normalized spacial score (nSPS) is 11.8. The summed E-state index contributed by atoms with van der Waals surface area (Å²) in [5.74, 6) is -0.0429. The van der Waals surface area contributed by atoms with Crippen molar-refractivity contribution in [3.8, 4) is 11.3 Å². The molecule has 0 amide bonds. The van der Waals surface area contributed by atoms with Gasteiger partial charge in [-0.15, -0.1) is 0 Å². The highest BCUT2D eigenvalue weighted by molar-refractivity contribution is 9.10. The smallest absolute Gasteiger partial charge is 0.337 e. The standard InChI is InChI=1S/C25H30BrN5O4/c1-16(14-27-22-13-19(26)9-10-24(22)31(33)34)7-5-6-8-23-20(15-28-30(23)3)21-12-18(25(32)35-4)11-17(2)29-21/h9-13,15-16,27H,5-8,14H2,1-4H3/t16-/m1/s1. The number of hydrogen-bond donors (Lipinski definition) is 1. The van der Waals surface area contributed by atoms with Gasteiger partial charge in [0.05, 0.1) is 29.5 Å². The van der Waals surface area contributed by atoms with E-state index in [1.54, 1.807) is 30.5 Å². The summed E-state index contributed by atoms with van der Waals surface area (Å²) >= 11 is 3.37. The van der Waals surface area contributed by atoms with Crippen molar-refractivity contribution in [1.29, 1.82) is 0 Å². The minimum absolute atomic E-state index is 0.0734. The van der Waals surface area contributed by atoms with E-state index in [-0.39, 0.29) is 10.6 Å². The summed E-state index contributed by atoms with van der Waals surface area (Å²) in [6.07, 6.45) is 5.56. The largest absolute Gasteiger partial charge is 0.465 e. The van der Waals surface area contributed by atoms with Crippen LogP contribution in [0.4, 0.5) is 11.4 Å². The first-order valence-electron chi connectivity index (χ1n) is 11.5. The second-order valence-corrected chi connectivity index (χ2v) is 9.57. The number of nitrogens with zero attached hydrogens (tertiary/aromatic N) is 4. The fourth-order valence-electron chi connectivity index (χ4n) is 4.00. The third-order valence-corrected chi connectivity index (χ3v) is 6.36. The Morgan fingerprint density at radius 3 is 2.77 bits per heavy atom. The Bertz CT molecular complexity index is 1210. The summed E-state index contributed by atoms with van der Waals surface area (Å²) < 4.78 is 7.52. The molecule has 2 aromatic heterocycles. The molecule has 0 saturated carbocycles. The number of carbonyl (C=O) groups is 1. The van der Waals surface area contributed by atoms with E-state index in [0.717, 1.165) is 47.1 Å². The lowest BCUT2D eigenvalue weighted by molar-refractivity contribution is -0.384. The number of unbranched alkanes of at least 4 members (excludes halogenated alkanes) is 1. The number of nitro groups is 1. The van der Waals surface area contributed by atoms with Crippen LogP contribution in [0.5, 0.6) is 0 Å². The Morgan fingerprint density at radius 2 is 2.06 bits per heavy atom. The number of halogens is 1. The number of methoxy groups -OCH3 is 1. The van der Waals surface area contributed by atoms with Crippen LogP contribution in [0, 0.1) is 23.0 Å². The minimum atomic E-state index is -0.391. The zero-order valence-electron chi connectivity index (χ0n) is 20.4. The first-order chi connectivity index (χ1) is 16.7. The molecule has 10 heteroatoms. The van der Waals surface area contributed by atoms with Crippen molar-refractivity contribution in [2.75, 3.05) is 19.0 Å². The number of carbonyl (C=O) groups excluding carboxylic acids is 1. The number of aryl methyl sites for hydroxylation is 2. The second kappa shape index (κ2) is 11.9. The topological polar surface area (TPSA) is 112 Å². The van der Waals surface area contributed by atoms with Crippen molar-refractivity contribution in [1.82, 2.24) is 14.8 Å². The lowest BCUT2D eigenvalue weighted by Crippen LogP contribution is -2.12. The van der Waals surface area contributed by atoms with Crippen LogP contribution in [0.3, 0.4) is 0 Å². The predicted octanol–water partition coefficient (Wildman–Crippen LogP) is 5.71. The van der Waals surface area contributed by atoms with Crippen LogP contribution in [-0.4, -0.2) is 39.3 Å². The van der Waals surface area contributed by atoms with E-state index in [1.165, 1.54) is 13.2 Å². The second-order valence-electron chi connectivity index (χ2n) is 8.65. The van der Waals surface area contributed by atoms with Crippen molar-refractivity contribution < 1.29 is 14.5 Å². The molecule has 1 aromatic carbocycles. The number of ether oxygens (including phenoxy) is 1. The Hall–Kier alpha value is -3.27. The third-order valence-electron chi connectivity index (χ3n) is 5.87. The van der Waals surface area contributed by atoms with Crippen molar-refractivity contribution in [3.63, 3.8) is 0 Å². The summed E-state index contributed by atoms with van der Waals surface area (Å²) in [4.78, 5) is 27.5. The number of hydrogen-bond acceptors (Lipinski definition) is 7. The SMILES string of the molecule is COC(=O)c1cc(C)nc(-c2cnn(C)c2CCCC[C@@H](C)CNc2cc(Br)ccc2[N+](=O)[O-])c1. The fourth-order valence-corrected chi connectivity index (χ4v) is 4.36. The number of benzene rings is 1. The molecule has 0 spiro atoms. The van der Waals surface area contributed by atoms with E-state index in [1.807, 2.05) is 18.7 Å². The highest BCUT2D eigenvalue weighted by Gasteiger charge is 2.17. The van der Waals surface area contributed by atoms with Crippen LogP contribution >= 0.6 is 15.9 Å². The molecule has 0 saturated heterocycles. The van der Waals surface area contributed by atoms with E-state index in [4.69, 9.17) is 4.74 Å². The highest BCUT2D eigenvalue weighted by Crippen LogP contribution is 2.29.